The van der Waals surface area contributed by atoms with Crippen LogP contribution in [0.2, 0.25) is 0 Å². The quantitative estimate of drug-likeness (QED) is 0.929. The first-order valence-corrected chi connectivity index (χ1v) is 6.46. The maximum absolute atomic E-state index is 11.2. The van der Waals surface area contributed by atoms with Crippen molar-refractivity contribution in [3.05, 3.63) is 34.5 Å². The first-order valence-electron chi connectivity index (χ1n) is 6.46. The molecule has 0 aliphatic rings. The molecule has 2 heterocycles. The SMILES string of the molecule is Cc1cc(-n2nc(C)c(C(=O)O)c2C)nc(C(C)C)n1. The molecule has 0 amide bonds. The van der Waals surface area contributed by atoms with E-state index in [2.05, 4.69) is 15.1 Å². The number of carboxylic acid groups (broad SMARTS) is 1. The molecule has 1 N–H and O–H groups in total. The maximum atomic E-state index is 11.2. The van der Waals surface area contributed by atoms with E-state index >= 15 is 0 Å². The molecule has 0 radical (unpaired) electrons. The zero-order valence-corrected chi connectivity index (χ0v) is 12.3. The summed E-state index contributed by atoms with van der Waals surface area (Å²) in [6.45, 7) is 9.34. The van der Waals surface area contributed by atoms with Crippen molar-refractivity contribution in [2.75, 3.05) is 0 Å². The summed E-state index contributed by atoms with van der Waals surface area (Å²) in [6, 6.07) is 1.80. The van der Waals surface area contributed by atoms with Crippen molar-refractivity contribution in [1.82, 2.24) is 19.7 Å². The predicted octanol–water partition coefficient (Wildman–Crippen LogP) is 2.41. The summed E-state index contributed by atoms with van der Waals surface area (Å²) in [5.74, 6) is 0.560. The lowest BCUT2D eigenvalue weighted by Gasteiger charge is -2.09. The molecule has 20 heavy (non-hydrogen) atoms. The third-order valence-electron chi connectivity index (χ3n) is 3.10. The van der Waals surface area contributed by atoms with Crippen molar-refractivity contribution in [1.29, 1.82) is 0 Å². The van der Waals surface area contributed by atoms with Gasteiger partial charge in [-0.3, -0.25) is 0 Å². The Morgan fingerprint density at radius 2 is 1.90 bits per heavy atom. The molecule has 0 aliphatic carbocycles. The second-order valence-corrected chi connectivity index (χ2v) is 5.14. The molecule has 0 saturated heterocycles. The van der Waals surface area contributed by atoms with Gasteiger partial charge in [0.15, 0.2) is 5.82 Å². The van der Waals surface area contributed by atoms with Crippen LogP contribution in [0.25, 0.3) is 5.82 Å². The monoisotopic (exact) mass is 274 g/mol. The highest BCUT2D eigenvalue weighted by molar-refractivity contribution is 5.90. The van der Waals surface area contributed by atoms with Crippen LogP contribution in [0, 0.1) is 20.8 Å². The number of carbonyl (C=O) groups is 1. The topological polar surface area (TPSA) is 80.9 Å². The largest absolute Gasteiger partial charge is 0.478 e. The van der Waals surface area contributed by atoms with E-state index in [1.165, 1.54) is 0 Å². The van der Waals surface area contributed by atoms with Crippen LogP contribution in [0.5, 0.6) is 0 Å². The Labute approximate surface area is 117 Å². The zero-order valence-electron chi connectivity index (χ0n) is 12.3. The van der Waals surface area contributed by atoms with Gasteiger partial charge in [-0.2, -0.15) is 5.10 Å². The van der Waals surface area contributed by atoms with E-state index < -0.39 is 5.97 Å². The first kappa shape index (κ1) is 14.2. The average Bonchev–Trinajstić information content (AvgIpc) is 2.63. The fraction of sp³-hybridized carbons (Fsp3) is 0.429. The molecular formula is C14H18N4O2. The molecule has 106 valence electrons. The molecule has 0 fully saturated rings. The Morgan fingerprint density at radius 3 is 2.40 bits per heavy atom. The van der Waals surface area contributed by atoms with E-state index in [0.29, 0.717) is 17.2 Å². The summed E-state index contributed by atoms with van der Waals surface area (Å²) in [5, 5.41) is 13.5. The minimum Gasteiger partial charge on any atom is -0.478 e. The molecule has 0 saturated carbocycles. The number of rotatable bonds is 3. The van der Waals surface area contributed by atoms with E-state index in [0.717, 1.165) is 11.5 Å². The number of carboxylic acids is 1. The van der Waals surface area contributed by atoms with Crippen molar-refractivity contribution in [2.45, 2.75) is 40.5 Å². The summed E-state index contributed by atoms with van der Waals surface area (Å²) >= 11 is 0. The Bertz CT molecular complexity index is 674. The standard InChI is InChI=1S/C14H18N4O2/c1-7(2)13-15-8(3)6-11(16-13)18-10(5)12(14(19)20)9(4)17-18/h6-7H,1-5H3,(H,19,20). The average molecular weight is 274 g/mol. The highest BCUT2D eigenvalue weighted by Gasteiger charge is 2.19. The first-order chi connectivity index (χ1) is 9.31. The number of aryl methyl sites for hydroxylation is 2. The van der Waals surface area contributed by atoms with E-state index in [9.17, 15) is 9.90 Å². The highest BCUT2D eigenvalue weighted by atomic mass is 16.4. The normalized spacial score (nSPS) is 11.1. The summed E-state index contributed by atoms with van der Waals surface area (Å²) in [7, 11) is 0. The lowest BCUT2D eigenvalue weighted by Crippen LogP contribution is -2.08. The van der Waals surface area contributed by atoms with Gasteiger partial charge in [0.1, 0.15) is 11.4 Å². The Hall–Kier alpha value is -2.24. The van der Waals surface area contributed by atoms with Gasteiger partial charge >= 0.3 is 5.97 Å². The van der Waals surface area contributed by atoms with E-state index in [-0.39, 0.29) is 11.5 Å². The van der Waals surface area contributed by atoms with Gasteiger partial charge < -0.3 is 5.11 Å². The molecular weight excluding hydrogens is 256 g/mol. The maximum Gasteiger partial charge on any atom is 0.339 e. The zero-order chi connectivity index (χ0) is 15.0. The van der Waals surface area contributed by atoms with Crippen LogP contribution in [0.4, 0.5) is 0 Å². The molecule has 2 aromatic rings. The highest BCUT2D eigenvalue weighted by Crippen LogP contribution is 2.19. The van der Waals surface area contributed by atoms with Crippen molar-refractivity contribution in [3.8, 4) is 5.82 Å². The number of hydrogen-bond acceptors (Lipinski definition) is 4. The van der Waals surface area contributed by atoms with Crippen molar-refractivity contribution >= 4 is 5.97 Å². The molecule has 0 spiro atoms. The van der Waals surface area contributed by atoms with E-state index in [1.54, 1.807) is 24.6 Å². The predicted molar refractivity (Wildman–Crippen MR) is 74.4 cm³/mol. The second kappa shape index (κ2) is 5.03. The number of aromatic carboxylic acids is 1. The molecule has 0 atom stereocenters. The summed E-state index contributed by atoms with van der Waals surface area (Å²) < 4.78 is 1.57. The van der Waals surface area contributed by atoms with Gasteiger partial charge in [0, 0.05) is 17.7 Å². The van der Waals surface area contributed by atoms with Crippen LogP contribution in [-0.4, -0.2) is 30.8 Å². The van der Waals surface area contributed by atoms with Gasteiger partial charge in [0.2, 0.25) is 0 Å². The van der Waals surface area contributed by atoms with Crippen molar-refractivity contribution in [3.63, 3.8) is 0 Å². The van der Waals surface area contributed by atoms with Gasteiger partial charge in [-0.15, -0.1) is 0 Å². The molecule has 6 heteroatoms. The molecule has 2 rings (SSSR count). The number of hydrogen-bond donors (Lipinski definition) is 1. The summed E-state index contributed by atoms with van der Waals surface area (Å²) in [4.78, 5) is 20.1. The minimum absolute atomic E-state index is 0.199. The third-order valence-corrected chi connectivity index (χ3v) is 3.10. The van der Waals surface area contributed by atoms with Crippen LogP contribution in [0.3, 0.4) is 0 Å². The van der Waals surface area contributed by atoms with Crippen LogP contribution < -0.4 is 0 Å². The van der Waals surface area contributed by atoms with Gasteiger partial charge in [-0.1, -0.05) is 13.8 Å². The number of nitrogens with zero attached hydrogens (tertiary/aromatic N) is 4. The van der Waals surface area contributed by atoms with Gasteiger partial charge in [-0.25, -0.2) is 19.4 Å². The molecule has 0 aliphatic heterocycles. The van der Waals surface area contributed by atoms with Crippen LogP contribution in [-0.2, 0) is 0 Å². The molecule has 0 bridgehead atoms. The second-order valence-electron chi connectivity index (χ2n) is 5.14. The smallest absolute Gasteiger partial charge is 0.339 e. The molecule has 2 aromatic heterocycles. The summed E-state index contributed by atoms with van der Waals surface area (Å²) in [6.07, 6.45) is 0. The van der Waals surface area contributed by atoms with Crippen LogP contribution in [0.1, 0.15) is 53.0 Å². The summed E-state index contributed by atoms with van der Waals surface area (Å²) in [5.41, 5.74) is 2.12. The van der Waals surface area contributed by atoms with E-state index in [1.807, 2.05) is 20.8 Å². The van der Waals surface area contributed by atoms with Crippen LogP contribution >= 0.6 is 0 Å². The third kappa shape index (κ3) is 2.41. The van der Waals surface area contributed by atoms with Crippen molar-refractivity contribution in [2.24, 2.45) is 0 Å². The van der Waals surface area contributed by atoms with Crippen molar-refractivity contribution < 1.29 is 9.90 Å². The lowest BCUT2D eigenvalue weighted by molar-refractivity contribution is 0.0695. The Balaban J connectivity index is 2.63. The molecule has 6 nitrogen and oxygen atoms in total. The Kier molecular flexibility index (Phi) is 3.57. The van der Waals surface area contributed by atoms with Gasteiger partial charge in [-0.05, 0) is 20.8 Å². The number of aromatic nitrogens is 4. The fourth-order valence-corrected chi connectivity index (χ4v) is 2.12. The lowest BCUT2D eigenvalue weighted by atomic mass is 10.2. The fourth-order valence-electron chi connectivity index (χ4n) is 2.12. The van der Waals surface area contributed by atoms with E-state index in [4.69, 9.17) is 0 Å². The molecule has 0 unspecified atom stereocenters. The minimum atomic E-state index is -0.971. The molecule has 0 aromatic carbocycles. The van der Waals surface area contributed by atoms with Crippen LogP contribution in [0.15, 0.2) is 6.07 Å². The Morgan fingerprint density at radius 1 is 1.25 bits per heavy atom. The van der Waals surface area contributed by atoms with Gasteiger partial charge in [0.25, 0.3) is 0 Å². The van der Waals surface area contributed by atoms with Gasteiger partial charge in [0.05, 0.1) is 11.4 Å².